The molecule has 2 heteroatoms. The lowest BCUT2D eigenvalue weighted by molar-refractivity contribution is 0.304. The fourth-order valence-electron chi connectivity index (χ4n) is 2.40. The molecule has 0 amide bonds. The first-order chi connectivity index (χ1) is 10.4. The van der Waals surface area contributed by atoms with Crippen LogP contribution in [0.15, 0.2) is 24.3 Å². The van der Waals surface area contributed by atoms with Crippen LogP contribution in [0.4, 0.5) is 0 Å². The van der Waals surface area contributed by atoms with Crippen molar-refractivity contribution in [2.45, 2.75) is 71.8 Å². The quantitative estimate of drug-likeness (QED) is 0.497. The fraction of sp³-hybridized carbons (Fsp3) is 0.684. The van der Waals surface area contributed by atoms with Crippen LogP contribution in [0.1, 0.15) is 70.8 Å². The molecular formula is C19H33NO. The van der Waals surface area contributed by atoms with Gasteiger partial charge in [0, 0.05) is 6.54 Å². The summed E-state index contributed by atoms with van der Waals surface area (Å²) >= 11 is 0. The molecule has 0 spiro atoms. The maximum atomic E-state index is 5.79. The van der Waals surface area contributed by atoms with Gasteiger partial charge in [-0.05, 0) is 30.7 Å². The highest BCUT2D eigenvalue weighted by Gasteiger charge is 1.96. The molecule has 0 aliphatic carbocycles. The van der Waals surface area contributed by atoms with Crippen molar-refractivity contribution in [3.05, 3.63) is 29.8 Å². The Kier molecular flexibility index (Phi) is 10.9. The van der Waals surface area contributed by atoms with Crippen molar-refractivity contribution in [3.8, 4) is 5.75 Å². The first-order valence-corrected chi connectivity index (χ1v) is 8.79. The van der Waals surface area contributed by atoms with Gasteiger partial charge in [-0.15, -0.1) is 0 Å². The van der Waals surface area contributed by atoms with Gasteiger partial charge < -0.3 is 10.1 Å². The van der Waals surface area contributed by atoms with E-state index in [0.29, 0.717) is 0 Å². The smallest absolute Gasteiger partial charge is 0.119 e. The summed E-state index contributed by atoms with van der Waals surface area (Å²) in [6, 6.07) is 8.45. The Bertz CT molecular complexity index is 334. The lowest BCUT2D eigenvalue weighted by Gasteiger charge is -2.07. The van der Waals surface area contributed by atoms with Crippen molar-refractivity contribution in [1.29, 1.82) is 0 Å². The SMILES string of the molecule is CCCCCCCCCCOc1ccc(CNCC)cc1. The molecule has 0 aliphatic rings. The van der Waals surface area contributed by atoms with Crippen molar-refractivity contribution in [2.24, 2.45) is 0 Å². The Morgan fingerprint density at radius 1 is 0.810 bits per heavy atom. The minimum absolute atomic E-state index is 0.849. The van der Waals surface area contributed by atoms with Crippen LogP contribution in [0.5, 0.6) is 5.75 Å². The molecule has 0 unspecified atom stereocenters. The van der Waals surface area contributed by atoms with E-state index in [1.54, 1.807) is 0 Å². The van der Waals surface area contributed by atoms with Crippen LogP contribution in [0.3, 0.4) is 0 Å². The molecule has 1 N–H and O–H groups in total. The summed E-state index contributed by atoms with van der Waals surface area (Å²) in [5.41, 5.74) is 1.32. The molecule has 0 radical (unpaired) electrons. The van der Waals surface area contributed by atoms with Gasteiger partial charge in [-0.25, -0.2) is 0 Å². The van der Waals surface area contributed by atoms with Gasteiger partial charge in [0.15, 0.2) is 0 Å². The third-order valence-electron chi connectivity index (χ3n) is 3.77. The van der Waals surface area contributed by atoms with Crippen molar-refractivity contribution in [2.75, 3.05) is 13.2 Å². The van der Waals surface area contributed by atoms with E-state index >= 15 is 0 Å². The second kappa shape index (κ2) is 12.7. The molecule has 0 bridgehead atoms. The molecule has 1 aromatic rings. The zero-order valence-electron chi connectivity index (χ0n) is 14.0. The number of unbranched alkanes of at least 4 members (excludes halogenated alkanes) is 7. The summed E-state index contributed by atoms with van der Waals surface area (Å²) in [6.07, 6.45) is 10.8. The van der Waals surface area contributed by atoms with E-state index in [2.05, 4.69) is 43.4 Å². The average molecular weight is 291 g/mol. The summed E-state index contributed by atoms with van der Waals surface area (Å²) in [6.45, 7) is 7.19. The Morgan fingerprint density at radius 2 is 1.43 bits per heavy atom. The maximum Gasteiger partial charge on any atom is 0.119 e. The number of hydrogen-bond acceptors (Lipinski definition) is 2. The third kappa shape index (κ3) is 9.52. The first kappa shape index (κ1) is 18.0. The van der Waals surface area contributed by atoms with Crippen molar-refractivity contribution >= 4 is 0 Å². The first-order valence-electron chi connectivity index (χ1n) is 8.79. The van der Waals surface area contributed by atoms with Crippen molar-refractivity contribution in [3.63, 3.8) is 0 Å². The van der Waals surface area contributed by atoms with Gasteiger partial charge in [0.1, 0.15) is 5.75 Å². The van der Waals surface area contributed by atoms with E-state index in [1.807, 2.05) is 0 Å². The molecule has 120 valence electrons. The molecule has 0 saturated carbocycles. The highest BCUT2D eigenvalue weighted by molar-refractivity contribution is 5.27. The number of nitrogens with one attached hydrogen (secondary N) is 1. The van der Waals surface area contributed by atoms with Crippen molar-refractivity contribution < 1.29 is 4.74 Å². The van der Waals surface area contributed by atoms with E-state index < -0.39 is 0 Å². The van der Waals surface area contributed by atoms with Crippen LogP contribution >= 0.6 is 0 Å². The second-order valence-electron chi connectivity index (χ2n) is 5.75. The minimum Gasteiger partial charge on any atom is -0.494 e. The zero-order chi connectivity index (χ0) is 15.2. The predicted molar refractivity (Wildman–Crippen MR) is 91.9 cm³/mol. The van der Waals surface area contributed by atoms with E-state index in [1.165, 1.54) is 56.9 Å². The molecule has 0 atom stereocenters. The predicted octanol–water partition coefficient (Wildman–Crippen LogP) is 5.32. The lowest BCUT2D eigenvalue weighted by Crippen LogP contribution is -2.11. The number of rotatable bonds is 13. The normalized spacial score (nSPS) is 10.8. The molecular weight excluding hydrogens is 258 g/mol. The summed E-state index contributed by atoms with van der Waals surface area (Å²) in [5.74, 6) is 0.998. The van der Waals surface area contributed by atoms with Crippen LogP contribution < -0.4 is 10.1 Å². The summed E-state index contributed by atoms with van der Waals surface area (Å²) < 4.78 is 5.79. The summed E-state index contributed by atoms with van der Waals surface area (Å²) in [4.78, 5) is 0. The molecule has 1 rings (SSSR count). The molecule has 0 aromatic heterocycles. The Morgan fingerprint density at radius 3 is 2.05 bits per heavy atom. The second-order valence-corrected chi connectivity index (χ2v) is 5.75. The van der Waals surface area contributed by atoms with Gasteiger partial charge in [-0.2, -0.15) is 0 Å². The summed E-state index contributed by atoms with van der Waals surface area (Å²) in [5, 5.41) is 3.33. The molecule has 2 nitrogen and oxygen atoms in total. The Labute approximate surface area is 131 Å². The number of hydrogen-bond donors (Lipinski definition) is 1. The third-order valence-corrected chi connectivity index (χ3v) is 3.77. The van der Waals surface area contributed by atoms with Gasteiger partial charge in [-0.3, -0.25) is 0 Å². The lowest BCUT2D eigenvalue weighted by atomic mass is 10.1. The largest absolute Gasteiger partial charge is 0.494 e. The standard InChI is InChI=1S/C19H33NO/c1-3-5-6-7-8-9-10-11-16-21-19-14-12-18(13-15-19)17-20-4-2/h12-15,20H,3-11,16-17H2,1-2H3. The molecule has 0 heterocycles. The number of benzene rings is 1. The van der Waals surface area contributed by atoms with Gasteiger partial charge >= 0.3 is 0 Å². The van der Waals surface area contributed by atoms with Crippen molar-refractivity contribution in [1.82, 2.24) is 5.32 Å². The average Bonchev–Trinajstić information content (AvgIpc) is 2.52. The number of ether oxygens (including phenoxy) is 1. The molecule has 1 aromatic carbocycles. The van der Waals surface area contributed by atoms with E-state index in [0.717, 1.165) is 25.4 Å². The van der Waals surface area contributed by atoms with Crippen LogP contribution in [0.2, 0.25) is 0 Å². The van der Waals surface area contributed by atoms with Gasteiger partial charge in [0.25, 0.3) is 0 Å². The molecule has 21 heavy (non-hydrogen) atoms. The van der Waals surface area contributed by atoms with E-state index in [-0.39, 0.29) is 0 Å². The topological polar surface area (TPSA) is 21.3 Å². The Balaban J connectivity index is 1.99. The zero-order valence-corrected chi connectivity index (χ0v) is 14.0. The molecule has 0 saturated heterocycles. The summed E-state index contributed by atoms with van der Waals surface area (Å²) in [7, 11) is 0. The van der Waals surface area contributed by atoms with E-state index in [9.17, 15) is 0 Å². The van der Waals surface area contributed by atoms with Gasteiger partial charge in [-0.1, -0.05) is 70.9 Å². The van der Waals surface area contributed by atoms with E-state index in [4.69, 9.17) is 4.74 Å². The van der Waals surface area contributed by atoms with Gasteiger partial charge in [0.2, 0.25) is 0 Å². The maximum absolute atomic E-state index is 5.79. The monoisotopic (exact) mass is 291 g/mol. The van der Waals surface area contributed by atoms with Crippen LogP contribution in [0.25, 0.3) is 0 Å². The molecule has 0 fully saturated rings. The van der Waals surface area contributed by atoms with Gasteiger partial charge in [0.05, 0.1) is 6.61 Å². The minimum atomic E-state index is 0.849. The van der Waals surface area contributed by atoms with Crippen LogP contribution in [-0.4, -0.2) is 13.2 Å². The Hall–Kier alpha value is -1.02. The van der Waals surface area contributed by atoms with Crippen LogP contribution in [-0.2, 0) is 6.54 Å². The highest BCUT2D eigenvalue weighted by atomic mass is 16.5. The van der Waals surface area contributed by atoms with Crippen LogP contribution in [0, 0.1) is 0 Å². The molecule has 0 aliphatic heterocycles. The highest BCUT2D eigenvalue weighted by Crippen LogP contribution is 2.13. The fourth-order valence-corrected chi connectivity index (χ4v) is 2.40.